The molecule has 1 unspecified atom stereocenters. The van der Waals surface area contributed by atoms with Gasteiger partial charge in [0.2, 0.25) is 0 Å². The van der Waals surface area contributed by atoms with Crippen LogP contribution in [0.15, 0.2) is 48.5 Å². The Labute approximate surface area is 139 Å². The minimum absolute atomic E-state index is 0.0488. The number of alkyl halides is 1. The van der Waals surface area contributed by atoms with Gasteiger partial charge in [-0.15, -0.1) is 0 Å². The second kappa shape index (κ2) is 8.21. The van der Waals surface area contributed by atoms with Crippen molar-refractivity contribution in [2.45, 2.75) is 13.0 Å². The van der Waals surface area contributed by atoms with Crippen LogP contribution in [0.3, 0.4) is 0 Å². The molecule has 1 atom stereocenters. The smallest absolute Gasteiger partial charge is 0.336 e. The molecule has 0 radical (unpaired) electrons. The normalized spacial score (nSPS) is 11.8. The molecular weight excluding hydrogens is 313 g/mol. The predicted molar refractivity (Wildman–Crippen MR) is 87.7 cm³/mol. The second-order valence-electron chi connectivity index (χ2n) is 5.18. The summed E-state index contributed by atoms with van der Waals surface area (Å²) in [5, 5.41) is 11.9. The molecule has 6 heteroatoms. The molecule has 2 N–H and O–H groups in total. The lowest BCUT2D eigenvalue weighted by molar-refractivity contribution is 0.0345. The number of carboxylic acids is 1. The number of nitrogens with one attached hydrogen (secondary N) is 1. The summed E-state index contributed by atoms with van der Waals surface area (Å²) in [6.07, 6.45) is -0.645. The first kappa shape index (κ1) is 17.6. The third kappa shape index (κ3) is 4.17. The summed E-state index contributed by atoms with van der Waals surface area (Å²) >= 11 is 0. The molecule has 0 aliphatic carbocycles. The number of rotatable bonds is 7. The molecule has 24 heavy (non-hydrogen) atoms. The van der Waals surface area contributed by atoms with Gasteiger partial charge in [-0.2, -0.15) is 0 Å². The first-order chi connectivity index (χ1) is 11.5. The van der Waals surface area contributed by atoms with Crippen LogP contribution >= 0.6 is 0 Å². The topological polar surface area (TPSA) is 75.6 Å². The standard InChI is InChI=1S/C18H18FNO4/c1-12(10-19)24-11-20-17(21)16-14(13-6-3-2-4-7-13)8-5-9-15(16)18(22)23/h2-9,12H,10-11H2,1H3,(H,20,21)(H,22,23). The highest BCUT2D eigenvalue weighted by Gasteiger charge is 2.21. The van der Waals surface area contributed by atoms with Crippen molar-refractivity contribution in [3.63, 3.8) is 0 Å². The number of hydrogen-bond donors (Lipinski definition) is 2. The third-order valence-electron chi connectivity index (χ3n) is 3.42. The maximum atomic E-state index is 12.5. The van der Waals surface area contributed by atoms with Crippen molar-refractivity contribution in [1.82, 2.24) is 5.32 Å². The zero-order valence-electron chi connectivity index (χ0n) is 13.2. The van der Waals surface area contributed by atoms with Gasteiger partial charge in [0.1, 0.15) is 13.4 Å². The van der Waals surface area contributed by atoms with E-state index in [0.717, 1.165) is 5.56 Å². The van der Waals surface area contributed by atoms with Gasteiger partial charge in [-0.05, 0) is 24.1 Å². The molecule has 1 amide bonds. The van der Waals surface area contributed by atoms with Crippen LogP contribution in [0, 0.1) is 0 Å². The Bertz CT molecular complexity index is 718. The van der Waals surface area contributed by atoms with Crippen LogP contribution in [-0.2, 0) is 4.74 Å². The van der Waals surface area contributed by atoms with E-state index in [0.29, 0.717) is 5.56 Å². The maximum Gasteiger partial charge on any atom is 0.336 e. The summed E-state index contributed by atoms with van der Waals surface area (Å²) in [6.45, 7) is 0.662. The highest BCUT2D eigenvalue weighted by Crippen LogP contribution is 2.26. The van der Waals surface area contributed by atoms with E-state index in [4.69, 9.17) is 4.74 Å². The average Bonchev–Trinajstić information content (AvgIpc) is 2.61. The van der Waals surface area contributed by atoms with E-state index in [2.05, 4.69) is 5.32 Å². The van der Waals surface area contributed by atoms with Crippen molar-refractivity contribution in [2.24, 2.45) is 0 Å². The molecule has 0 bridgehead atoms. The van der Waals surface area contributed by atoms with Gasteiger partial charge in [0.15, 0.2) is 0 Å². The van der Waals surface area contributed by atoms with Crippen LogP contribution < -0.4 is 5.32 Å². The summed E-state index contributed by atoms with van der Waals surface area (Å²) in [7, 11) is 0. The summed E-state index contributed by atoms with van der Waals surface area (Å²) in [5.41, 5.74) is 1.18. The van der Waals surface area contributed by atoms with Gasteiger partial charge in [0.05, 0.1) is 17.2 Å². The van der Waals surface area contributed by atoms with Crippen molar-refractivity contribution in [3.8, 4) is 11.1 Å². The van der Waals surface area contributed by atoms with Gasteiger partial charge in [0.25, 0.3) is 5.91 Å². The van der Waals surface area contributed by atoms with Gasteiger partial charge in [0, 0.05) is 0 Å². The molecule has 0 aromatic heterocycles. The summed E-state index contributed by atoms with van der Waals surface area (Å²) < 4.78 is 17.4. The number of carboxylic acid groups (broad SMARTS) is 1. The summed E-state index contributed by atoms with van der Waals surface area (Å²) in [5.74, 6) is -1.78. The SMILES string of the molecule is CC(CF)OCNC(=O)c1c(C(=O)O)cccc1-c1ccccc1. The number of benzene rings is 2. The second-order valence-corrected chi connectivity index (χ2v) is 5.18. The van der Waals surface area contributed by atoms with Crippen molar-refractivity contribution >= 4 is 11.9 Å². The Kier molecular flexibility index (Phi) is 6.03. The maximum absolute atomic E-state index is 12.5. The minimum atomic E-state index is -1.20. The van der Waals surface area contributed by atoms with Crippen molar-refractivity contribution < 1.29 is 23.8 Å². The van der Waals surface area contributed by atoms with Gasteiger partial charge >= 0.3 is 5.97 Å². The molecule has 0 fully saturated rings. The number of ether oxygens (including phenoxy) is 1. The molecule has 0 aliphatic rings. The summed E-state index contributed by atoms with van der Waals surface area (Å²) in [4.78, 5) is 24.0. The third-order valence-corrected chi connectivity index (χ3v) is 3.42. The molecule has 0 saturated heterocycles. The molecule has 2 aromatic carbocycles. The molecular formula is C18H18FNO4. The lowest BCUT2D eigenvalue weighted by Crippen LogP contribution is -2.30. The lowest BCUT2D eigenvalue weighted by atomic mass is 9.95. The summed E-state index contributed by atoms with van der Waals surface area (Å²) in [6, 6.07) is 13.7. The van der Waals surface area contributed by atoms with Gasteiger partial charge in [-0.1, -0.05) is 42.5 Å². The van der Waals surface area contributed by atoms with Crippen LogP contribution in [0.5, 0.6) is 0 Å². The first-order valence-electron chi connectivity index (χ1n) is 7.42. The largest absolute Gasteiger partial charge is 0.478 e. The first-order valence-corrected chi connectivity index (χ1v) is 7.42. The van der Waals surface area contributed by atoms with Gasteiger partial charge in [-0.3, -0.25) is 4.79 Å². The van der Waals surface area contributed by atoms with E-state index in [1.807, 2.05) is 6.07 Å². The molecule has 126 valence electrons. The van der Waals surface area contributed by atoms with E-state index in [1.165, 1.54) is 13.0 Å². The highest BCUT2D eigenvalue weighted by molar-refractivity contribution is 6.09. The van der Waals surface area contributed by atoms with Crippen molar-refractivity contribution in [1.29, 1.82) is 0 Å². The Hall–Kier alpha value is -2.73. The number of amides is 1. The fourth-order valence-electron chi connectivity index (χ4n) is 2.22. The van der Waals surface area contributed by atoms with E-state index in [1.54, 1.807) is 36.4 Å². The molecule has 2 aromatic rings. The Morgan fingerprint density at radius 3 is 2.50 bits per heavy atom. The minimum Gasteiger partial charge on any atom is -0.478 e. The number of carbonyl (C=O) groups is 2. The molecule has 0 heterocycles. The van der Waals surface area contributed by atoms with E-state index < -0.39 is 24.7 Å². The number of hydrogen-bond acceptors (Lipinski definition) is 3. The van der Waals surface area contributed by atoms with Crippen molar-refractivity contribution in [2.75, 3.05) is 13.4 Å². The Balaban J connectivity index is 2.35. The highest BCUT2D eigenvalue weighted by atomic mass is 19.1. The van der Waals surface area contributed by atoms with Crippen LogP contribution in [0.1, 0.15) is 27.6 Å². The zero-order chi connectivity index (χ0) is 17.5. The van der Waals surface area contributed by atoms with Gasteiger partial charge < -0.3 is 15.2 Å². The zero-order valence-corrected chi connectivity index (χ0v) is 13.2. The number of carbonyl (C=O) groups excluding carboxylic acids is 1. The number of aromatic carboxylic acids is 1. The van der Waals surface area contributed by atoms with Crippen LogP contribution in [0.2, 0.25) is 0 Å². The molecule has 0 aliphatic heterocycles. The monoisotopic (exact) mass is 331 g/mol. The fourth-order valence-corrected chi connectivity index (χ4v) is 2.22. The Morgan fingerprint density at radius 1 is 1.17 bits per heavy atom. The quantitative estimate of drug-likeness (QED) is 0.765. The lowest BCUT2D eigenvalue weighted by Gasteiger charge is -2.14. The number of halogens is 1. The van der Waals surface area contributed by atoms with Crippen LogP contribution in [0.4, 0.5) is 4.39 Å². The van der Waals surface area contributed by atoms with E-state index in [-0.39, 0.29) is 17.9 Å². The molecule has 0 saturated carbocycles. The molecule has 0 spiro atoms. The molecule has 5 nitrogen and oxygen atoms in total. The average molecular weight is 331 g/mol. The van der Waals surface area contributed by atoms with Crippen molar-refractivity contribution in [3.05, 3.63) is 59.7 Å². The predicted octanol–water partition coefficient (Wildman–Crippen LogP) is 3.11. The Morgan fingerprint density at radius 2 is 1.88 bits per heavy atom. The fraction of sp³-hybridized carbons (Fsp3) is 0.222. The van der Waals surface area contributed by atoms with Crippen LogP contribution in [-0.4, -0.2) is 36.5 Å². The molecule has 2 rings (SSSR count). The van der Waals surface area contributed by atoms with E-state index >= 15 is 0 Å². The van der Waals surface area contributed by atoms with Crippen LogP contribution in [0.25, 0.3) is 11.1 Å². The van der Waals surface area contributed by atoms with Gasteiger partial charge in [-0.25, -0.2) is 9.18 Å². The van der Waals surface area contributed by atoms with E-state index in [9.17, 15) is 19.1 Å².